The summed E-state index contributed by atoms with van der Waals surface area (Å²) in [5.41, 5.74) is 7.59. The number of halogens is 1. The first-order chi connectivity index (χ1) is 7.90. The van der Waals surface area contributed by atoms with E-state index in [9.17, 15) is 4.79 Å². The molecule has 0 saturated heterocycles. The Bertz CT molecular complexity index is 404. The van der Waals surface area contributed by atoms with Crippen LogP contribution in [-0.2, 0) is 4.79 Å². The van der Waals surface area contributed by atoms with Crippen molar-refractivity contribution in [3.8, 4) is 0 Å². The topological polar surface area (TPSA) is 55.1 Å². The number of hydrogen-bond acceptors (Lipinski definition) is 2. The first-order valence-electron chi connectivity index (χ1n) is 5.71. The van der Waals surface area contributed by atoms with Crippen molar-refractivity contribution in [1.82, 2.24) is 0 Å². The standard InChI is InChI=1S/C13H19ClN2O/c1-8(2)11(15)7-13(17)16-12-5-4-10(14)6-9(12)3/h4-6,8,11H,7,15H2,1-3H3,(H,16,17). The lowest BCUT2D eigenvalue weighted by molar-refractivity contribution is -0.116. The normalized spacial score (nSPS) is 12.6. The molecule has 17 heavy (non-hydrogen) atoms. The third kappa shape index (κ3) is 4.36. The molecule has 0 aliphatic carbocycles. The fraction of sp³-hybridized carbons (Fsp3) is 0.462. The molecule has 0 aromatic heterocycles. The number of hydrogen-bond donors (Lipinski definition) is 2. The zero-order valence-electron chi connectivity index (χ0n) is 10.5. The van der Waals surface area contributed by atoms with E-state index in [1.54, 1.807) is 12.1 Å². The lowest BCUT2D eigenvalue weighted by Crippen LogP contribution is -2.31. The van der Waals surface area contributed by atoms with Crippen LogP contribution in [0.5, 0.6) is 0 Å². The molecular formula is C13H19ClN2O. The average Bonchev–Trinajstić information content (AvgIpc) is 2.22. The van der Waals surface area contributed by atoms with E-state index in [1.807, 2.05) is 26.8 Å². The van der Waals surface area contributed by atoms with E-state index in [-0.39, 0.29) is 11.9 Å². The highest BCUT2D eigenvalue weighted by atomic mass is 35.5. The molecule has 1 amide bonds. The maximum atomic E-state index is 11.7. The molecule has 1 atom stereocenters. The van der Waals surface area contributed by atoms with Crippen LogP contribution in [0.2, 0.25) is 5.02 Å². The van der Waals surface area contributed by atoms with E-state index >= 15 is 0 Å². The fourth-order valence-electron chi connectivity index (χ4n) is 1.42. The van der Waals surface area contributed by atoms with Gasteiger partial charge in [-0.3, -0.25) is 4.79 Å². The predicted molar refractivity (Wildman–Crippen MR) is 72.2 cm³/mol. The highest BCUT2D eigenvalue weighted by Gasteiger charge is 2.13. The van der Waals surface area contributed by atoms with E-state index in [1.165, 1.54) is 0 Å². The van der Waals surface area contributed by atoms with Gasteiger partial charge in [-0.05, 0) is 36.6 Å². The van der Waals surface area contributed by atoms with Crippen LogP contribution >= 0.6 is 11.6 Å². The minimum Gasteiger partial charge on any atom is -0.327 e. The van der Waals surface area contributed by atoms with Crippen molar-refractivity contribution in [3.63, 3.8) is 0 Å². The van der Waals surface area contributed by atoms with Gasteiger partial charge < -0.3 is 11.1 Å². The molecule has 0 spiro atoms. The smallest absolute Gasteiger partial charge is 0.225 e. The number of nitrogens with one attached hydrogen (secondary N) is 1. The molecule has 3 N–H and O–H groups in total. The Morgan fingerprint density at radius 2 is 2.12 bits per heavy atom. The van der Waals surface area contributed by atoms with Gasteiger partial charge in [0.2, 0.25) is 5.91 Å². The maximum Gasteiger partial charge on any atom is 0.225 e. The highest BCUT2D eigenvalue weighted by Crippen LogP contribution is 2.19. The van der Waals surface area contributed by atoms with E-state index in [0.717, 1.165) is 11.3 Å². The number of carbonyl (C=O) groups excluding carboxylic acids is 1. The van der Waals surface area contributed by atoms with Crippen molar-refractivity contribution in [2.75, 3.05) is 5.32 Å². The quantitative estimate of drug-likeness (QED) is 0.868. The second-order valence-electron chi connectivity index (χ2n) is 4.62. The minimum atomic E-state index is -0.109. The van der Waals surface area contributed by atoms with Crippen LogP contribution in [0.3, 0.4) is 0 Å². The van der Waals surface area contributed by atoms with Gasteiger partial charge in [-0.2, -0.15) is 0 Å². The molecule has 0 aliphatic rings. The molecule has 1 aromatic carbocycles. The Labute approximate surface area is 107 Å². The number of carbonyl (C=O) groups is 1. The van der Waals surface area contributed by atoms with Crippen molar-refractivity contribution in [1.29, 1.82) is 0 Å². The molecule has 0 fully saturated rings. The largest absolute Gasteiger partial charge is 0.327 e. The van der Waals surface area contributed by atoms with Gasteiger partial charge in [-0.1, -0.05) is 25.4 Å². The molecule has 0 radical (unpaired) electrons. The Kier molecular flexibility index (Phi) is 4.97. The van der Waals surface area contributed by atoms with Crippen LogP contribution in [0.15, 0.2) is 18.2 Å². The second kappa shape index (κ2) is 6.03. The summed E-state index contributed by atoms with van der Waals surface area (Å²) in [6.07, 6.45) is 0.333. The molecule has 0 bridgehead atoms. The fourth-order valence-corrected chi connectivity index (χ4v) is 1.65. The number of benzene rings is 1. The zero-order valence-corrected chi connectivity index (χ0v) is 11.2. The van der Waals surface area contributed by atoms with Crippen LogP contribution in [0.1, 0.15) is 25.8 Å². The van der Waals surface area contributed by atoms with Crippen LogP contribution in [0.4, 0.5) is 5.69 Å². The summed E-state index contributed by atoms with van der Waals surface area (Å²) in [4.78, 5) is 11.7. The van der Waals surface area contributed by atoms with Gasteiger partial charge in [0.15, 0.2) is 0 Å². The number of anilines is 1. The Morgan fingerprint density at radius 1 is 1.47 bits per heavy atom. The first-order valence-corrected chi connectivity index (χ1v) is 6.09. The molecule has 4 heteroatoms. The van der Waals surface area contributed by atoms with Crippen molar-refractivity contribution in [2.24, 2.45) is 11.7 Å². The monoisotopic (exact) mass is 254 g/mol. The molecule has 0 aliphatic heterocycles. The SMILES string of the molecule is Cc1cc(Cl)ccc1NC(=O)CC(N)C(C)C. The van der Waals surface area contributed by atoms with Crippen LogP contribution in [-0.4, -0.2) is 11.9 Å². The van der Waals surface area contributed by atoms with Gasteiger partial charge in [0.25, 0.3) is 0 Å². The Morgan fingerprint density at radius 3 is 2.65 bits per heavy atom. The summed E-state index contributed by atoms with van der Waals surface area (Å²) in [5, 5.41) is 3.51. The van der Waals surface area contributed by atoms with Crippen molar-refractivity contribution >= 4 is 23.2 Å². The van der Waals surface area contributed by atoms with E-state index in [2.05, 4.69) is 5.32 Å². The van der Waals surface area contributed by atoms with Crippen molar-refractivity contribution < 1.29 is 4.79 Å². The van der Waals surface area contributed by atoms with Gasteiger partial charge in [0, 0.05) is 23.2 Å². The minimum absolute atomic E-state index is 0.0587. The van der Waals surface area contributed by atoms with Crippen LogP contribution < -0.4 is 11.1 Å². The van der Waals surface area contributed by atoms with Gasteiger partial charge in [0.1, 0.15) is 0 Å². The van der Waals surface area contributed by atoms with Gasteiger partial charge in [-0.25, -0.2) is 0 Å². The predicted octanol–water partition coefficient (Wildman–Crippen LogP) is 2.96. The van der Waals surface area contributed by atoms with Crippen molar-refractivity contribution in [2.45, 2.75) is 33.2 Å². The van der Waals surface area contributed by atoms with Gasteiger partial charge >= 0.3 is 0 Å². The number of rotatable bonds is 4. The summed E-state index contributed by atoms with van der Waals surface area (Å²) in [7, 11) is 0. The summed E-state index contributed by atoms with van der Waals surface area (Å²) >= 11 is 5.85. The molecular weight excluding hydrogens is 236 g/mol. The zero-order chi connectivity index (χ0) is 13.0. The number of nitrogens with two attached hydrogens (primary N) is 1. The number of aryl methyl sites for hydroxylation is 1. The summed E-state index contributed by atoms with van der Waals surface area (Å²) in [6, 6.07) is 5.27. The lowest BCUT2D eigenvalue weighted by Gasteiger charge is -2.15. The molecule has 0 saturated carbocycles. The first kappa shape index (κ1) is 14.0. The van der Waals surface area contributed by atoms with Gasteiger partial charge in [-0.15, -0.1) is 0 Å². The van der Waals surface area contributed by atoms with E-state index in [0.29, 0.717) is 17.4 Å². The Balaban J connectivity index is 2.62. The third-order valence-corrected chi connectivity index (χ3v) is 2.98. The molecule has 1 aromatic rings. The maximum absolute atomic E-state index is 11.7. The molecule has 1 rings (SSSR count). The second-order valence-corrected chi connectivity index (χ2v) is 5.06. The molecule has 0 heterocycles. The average molecular weight is 255 g/mol. The van der Waals surface area contributed by atoms with Gasteiger partial charge in [0.05, 0.1) is 0 Å². The summed E-state index contributed by atoms with van der Waals surface area (Å²) < 4.78 is 0. The van der Waals surface area contributed by atoms with E-state index in [4.69, 9.17) is 17.3 Å². The van der Waals surface area contributed by atoms with Crippen molar-refractivity contribution in [3.05, 3.63) is 28.8 Å². The van der Waals surface area contributed by atoms with E-state index < -0.39 is 0 Å². The lowest BCUT2D eigenvalue weighted by atomic mass is 10.0. The summed E-state index contributed by atoms with van der Waals surface area (Å²) in [5.74, 6) is 0.240. The summed E-state index contributed by atoms with van der Waals surface area (Å²) in [6.45, 7) is 5.92. The molecule has 1 unspecified atom stereocenters. The molecule has 94 valence electrons. The highest BCUT2D eigenvalue weighted by molar-refractivity contribution is 6.30. The van der Waals surface area contributed by atoms with Crippen LogP contribution in [0, 0.1) is 12.8 Å². The Hall–Kier alpha value is -1.06. The van der Waals surface area contributed by atoms with Crippen LogP contribution in [0.25, 0.3) is 0 Å². The molecule has 3 nitrogen and oxygen atoms in total. The third-order valence-electron chi connectivity index (χ3n) is 2.74. The number of amides is 1.